The number of halogens is 2. The molecule has 0 saturated heterocycles. The van der Waals surface area contributed by atoms with Gasteiger partial charge in [0, 0.05) is 6.04 Å². The number of hydrogen-bond donors (Lipinski definition) is 2. The van der Waals surface area contributed by atoms with E-state index < -0.39 is 27.6 Å². The van der Waals surface area contributed by atoms with Crippen LogP contribution in [0.15, 0.2) is 47.4 Å². The molecule has 0 aromatic heterocycles. The van der Waals surface area contributed by atoms with Gasteiger partial charge in [0.1, 0.15) is 11.6 Å². The zero-order valence-electron chi connectivity index (χ0n) is 14.4. The molecule has 0 radical (unpaired) electrons. The summed E-state index contributed by atoms with van der Waals surface area (Å²) in [6.07, 6.45) is 1.46. The average molecular weight is 382 g/mol. The first kappa shape index (κ1) is 20.0. The summed E-state index contributed by atoms with van der Waals surface area (Å²) in [5.41, 5.74) is -0.475. The molecule has 0 aliphatic carbocycles. The summed E-state index contributed by atoms with van der Waals surface area (Å²) in [5.74, 6) is -2.49. The molecule has 2 N–H and O–H groups in total. The first-order valence-electron chi connectivity index (χ1n) is 8.12. The highest BCUT2D eigenvalue weighted by atomic mass is 32.2. The fraction of sp³-hybridized carbons (Fsp3) is 0.278. The minimum atomic E-state index is -3.87. The molecule has 2 aromatic carbocycles. The van der Waals surface area contributed by atoms with Crippen molar-refractivity contribution in [3.63, 3.8) is 0 Å². The average Bonchev–Trinajstić information content (AvgIpc) is 2.56. The smallest absolute Gasteiger partial charge is 0.258 e. The van der Waals surface area contributed by atoms with Crippen molar-refractivity contribution < 1.29 is 22.0 Å². The lowest BCUT2D eigenvalue weighted by Gasteiger charge is -2.14. The van der Waals surface area contributed by atoms with Crippen LogP contribution in [0.2, 0.25) is 0 Å². The molecule has 0 spiro atoms. The summed E-state index contributed by atoms with van der Waals surface area (Å²) < 4.78 is 54.8. The Morgan fingerprint density at radius 1 is 1.12 bits per heavy atom. The predicted octanol–water partition coefficient (Wildman–Crippen LogP) is 3.68. The summed E-state index contributed by atoms with van der Waals surface area (Å²) in [7, 11) is -3.87. The summed E-state index contributed by atoms with van der Waals surface area (Å²) in [6.45, 7) is 3.65. The standard InChI is InChI=1S/C18H20F2N2O3S/c1-3-6-12(2)22-26(24,25)13-9-10-17(16(20)11-13)21-18(23)14-7-4-5-8-15(14)19/h4-5,7-12,22H,3,6H2,1-2H3,(H,21,23)/t12-/m1/s1. The van der Waals surface area contributed by atoms with Crippen molar-refractivity contribution in [3.05, 3.63) is 59.7 Å². The van der Waals surface area contributed by atoms with Crippen LogP contribution in [0.1, 0.15) is 37.0 Å². The first-order chi connectivity index (χ1) is 12.2. The SMILES string of the molecule is CCC[C@@H](C)NS(=O)(=O)c1ccc(NC(=O)c2ccccc2F)c(F)c1. The molecule has 8 heteroatoms. The number of sulfonamides is 1. The Kier molecular flexibility index (Phi) is 6.44. The molecule has 1 atom stereocenters. The maximum absolute atomic E-state index is 14.2. The molecule has 0 fully saturated rings. The molecule has 0 saturated carbocycles. The van der Waals surface area contributed by atoms with E-state index in [9.17, 15) is 22.0 Å². The van der Waals surface area contributed by atoms with Gasteiger partial charge in [-0.25, -0.2) is 21.9 Å². The van der Waals surface area contributed by atoms with Crippen LogP contribution in [0.4, 0.5) is 14.5 Å². The van der Waals surface area contributed by atoms with Gasteiger partial charge in [-0.2, -0.15) is 0 Å². The fourth-order valence-corrected chi connectivity index (χ4v) is 3.71. The van der Waals surface area contributed by atoms with Crippen LogP contribution in [-0.4, -0.2) is 20.4 Å². The van der Waals surface area contributed by atoms with Crippen LogP contribution in [0, 0.1) is 11.6 Å². The van der Waals surface area contributed by atoms with Crippen molar-refractivity contribution in [1.29, 1.82) is 0 Å². The van der Waals surface area contributed by atoms with E-state index >= 15 is 0 Å². The molecule has 0 aliphatic heterocycles. The second-order valence-corrected chi connectivity index (χ2v) is 7.60. The van der Waals surface area contributed by atoms with E-state index in [1.54, 1.807) is 6.92 Å². The van der Waals surface area contributed by atoms with Gasteiger partial charge in [-0.1, -0.05) is 25.5 Å². The van der Waals surface area contributed by atoms with E-state index in [1.807, 2.05) is 6.92 Å². The normalized spacial score (nSPS) is 12.6. The fourth-order valence-electron chi connectivity index (χ4n) is 2.42. The van der Waals surface area contributed by atoms with E-state index in [4.69, 9.17) is 0 Å². The van der Waals surface area contributed by atoms with Gasteiger partial charge in [-0.3, -0.25) is 4.79 Å². The number of carbonyl (C=O) groups excluding carboxylic acids is 1. The van der Waals surface area contributed by atoms with Gasteiger partial charge >= 0.3 is 0 Å². The summed E-state index contributed by atoms with van der Waals surface area (Å²) in [6, 6.07) is 8.14. The van der Waals surface area contributed by atoms with Gasteiger partial charge in [-0.05, 0) is 43.7 Å². The Morgan fingerprint density at radius 2 is 1.81 bits per heavy atom. The Bertz CT molecular complexity index is 901. The van der Waals surface area contributed by atoms with Crippen molar-refractivity contribution >= 4 is 21.6 Å². The lowest BCUT2D eigenvalue weighted by atomic mass is 10.2. The number of amides is 1. The van der Waals surface area contributed by atoms with Gasteiger partial charge in [0.15, 0.2) is 0 Å². The van der Waals surface area contributed by atoms with E-state index in [-0.39, 0.29) is 22.2 Å². The third-order valence-electron chi connectivity index (χ3n) is 3.70. The van der Waals surface area contributed by atoms with Crippen molar-refractivity contribution in [2.75, 3.05) is 5.32 Å². The number of anilines is 1. The highest BCUT2D eigenvalue weighted by Gasteiger charge is 2.20. The van der Waals surface area contributed by atoms with Gasteiger partial charge in [0.2, 0.25) is 10.0 Å². The van der Waals surface area contributed by atoms with Crippen LogP contribution in [-0.2, 0) is 10.0 Å². The predicted molar refractivity (Wildman–Crippen MR) is 95.4 cm³/mol. The number of benzene rings is 2. The molecule has 0 aliphatic rings. The van der Waals surface area contributed by atoms with Gasteiger partial charge in [0.05, 0.1) is 16.1 Å². The molecule has 0 unspecified atom stereocenters. The van der Waals surface area contributed by atoms with E-state index in [1.165, 1.54) is 24.3 Å². The maximum atomic E-state index is 14.2. The number of nitrogens with one attached hydrogen (secondary N) is 2. The molecular formula is C18H20F2N2O3S. The minimum Gasteiger partial charge on any atom is -0.319 e. The third-order valence-corrected chi connectivity index (χ3v) is 5.28. The van der Waals surface area contributed by atoms with E-state index in [0.717, 1.165) is 24.6 Å². The summed E-state index contributed by atoms with van der Waals surface area (Å²) in [4.78, 5) is 11.8. The number of rotatable bonds is 7. The van der Waals surface area contributed by atoms with Crippen molar-refractivity contribution in [3.8, 4) is 0 Å². The Hall–Kier alpha value is -2.32. The largest absolute Gasteiger partial charge is 0.319 e. The van der Waals surface area contributed by atoms with Gasteiger partial charge < -0.3 is 5.32 Å². The van der Waals surface area contributed by atoms with Gasteiger partial charge in [0.25, 0.3) is 5.91 Å². The lowest BCUT2D eigenvalue weighted by Crippen LogP contribution is -2.32. The molecule has 0 bridgehead atoms. The van der Waals surface area contributed by atoms with E-state index in [2.05, 4.69) is 10.0 Å². The summed E-state index contributed by atoms with van der Waals surface area (Å²) >= 11 is 0. The van der Waals surface area contributed by atoms with Crippen LogP contribution >= 0.6 is 0 Å². The molecule has 140 valence electrons. The van der Waals surface area contributed by atoms with E-state index in [0.29, 0.717) is 6.42 Å². The summed E-state index contributed by atoms with van der Waals surface area (Å²) in [5, 5.41) is 2.24. The molecule has 0 heterocycles. The molecular weight excluding hydrogens is 362 g/mol. The Morgan fingerprint density at radius 3 is 2.42 bits per heavy atom. The Balaban J connectivity index is 2.19. The zero-order chi connectivity index (χ0) is 19.3. The van der Waals surface area contributed by atoms with Crippen molar-refractivity contribution in [2.45, 2.75) is 37.6 Å². The lowest BCUT2D eigenvalue weighted by molar-refractivity contribution is 0.102. The molecule has 26 heavy (non-hydrogen) atoms. The van der Waals surface area contributed by atoms with Crippen LogP contribution in [0.3, 0.4) is 0 Å². The zero-order valence-corrected chi connectivity index (χ0v) is 15.2. The van der Waals surface area contributed by atoms with Crippen LogP contribution in [0.5, 0.6) is 0 Å². The number of carbonyl (C=O) groups is 1. The van der Waals surface area contributed by atoms with Crippen molar-refractivity contribution in [2.24, 2.45) is 0 Å². The second-order valence-electron chi connectivity index (χ2n) is 5.89. The quantitative estimate of drug-likeness (QED) is 0.767. The maximum Gasteiger partial charge on any atom is 0.258 e. The minimum absolute atomic E-state index is 0.237. The highest BCUT2D eigenvalue weighted by Crippen LogP contribution is 2.20. The molecule has 2 aromatic rings. The van der Waals surface area contributed by atoms with Gasteiger partial charge in [-0.15, -0.1) is 0 Å². The highest BCUT2D eigenvalue weighted by molar-refractivity contribution is 7.89. The molecule has 1 amide bonds. The van der Waals surface area contributed by atoms with Crippen LogP contribution < -0.4 is 10.0 Å². The molecule has 5 nitrogen and oxygen atoms in total. The van der Waals surface area contributed by atoms with Crippen molar-refractivity contribution in [1.82, 2.24) is 4.72 Å². The second kappa shape index (κ2) is 8.37. The monoisotopic (exact) mass is 382 g/mol. The topological polar surface area (TPSA) is 75.3 Å². The third kappa shape index (κ3) is 4.86. The molecule has 2 rings (SSSR count). The first-order valence-corrected chi connectivity index (χ1v) is 9.60. The number of hydrogen-bond acceptors (Lipinski definition) is 3. The Labute approximate surface area is 151 Å². The van der Waals surface area contributed by atoms with Crippen LogP contribution in [0.25, 0.3) is 0 Å².